The Bertz CT molecular complexity index is 588. The third kappa shape index (κ3) is 2.91. The molecule has 0 bridgehead atoms. The van der Waals surface area contributed by atoms with Crippen LogP contribution in [0, 0.1) is 12.8 Å². The molecule has 0 amide bonds. The molecule has 0 spiro atoms. The number of hydrogen-bond donors (Lipinski definition) is 0. The Morgan fingerprint density at radius 3 is 2.80 bits per heavy atom. The molecule has 2 unspecified atom stereocenters. The van der Waals surface area contributed by atoms with Gasteiger partial charge in [-0.3, -0.25) is 0 Å². The zero-order valence-electron chi connectivity index (χ0n) is 12.0. The van der Waals surface area contributed by atoms with Crippen molar-refractivity contribution in [2.45, 2.75) is 38.0 Å². The van der Waals surface area contributed by atoms with Crippen LogP contribution in [0.5, 0.6) is 0 Å². The van der Waals surface area contributed by atoms with Gasteiger partial charge in [-0.15, -0.1) is 11.6 Å². The zero-order valence-corrected chi connectivity index (χ0v) is 12.7. The van der Waals surface area contributed by atoms with Crippen LogP contribution in [0.25, 0.3) is 0 Å². The molecule has 0 fully saturated rings. The van der Waals surface area contributed by atoms with Gasteiger partial charge in [-0.25, -0.2) is 0 Å². The van der Waals surface area contributed by atoms with Crippen molar-refractivity contribution in [2.24, 2.45) is 5.92 Å². The maximum atomic E-state index is 6.81. The van der Waals surface area contributed by atoms with Crippen LogP contribution < -0.4 is 0 Å². The SMILES string of the molecule is Cc1cccc(CC2CCCc3ccccc3C2Cl)c1. The molecular weight excluding hydrogens is 264 g/mol. The fourth-order valence-corrected chi connectivity index (χ4v) is 3.76. The van der Waals surface area contributed by atoms with Crippen LogP contribution in [0.2, 0.25) is 0 Å². The first-order chi connectivity index (χ1) is 9.74. The summed E-state index contributed by atoms with van der Waals surface area (Å²) in [4.78, 5) is 0. The van der Waals surface area contributed by atoms with Crippen LogP contribution in [-0.4, -0.2) is 0 Å². The summed E-state index contributed by atoms with van der Waals surface area (Å²) in [5.74, 6) is 0.544. The largest absolute Gasteiger partial charge is 0.117 e. The minimum atomic E-state index is 0.147. The molecule has 1 heteroatoms. The number of benzene rings is 2. The van der Waals surface area contributed by atoms with Gasteiger partial charge in [0.1, 0.15) is 0 Å². The Hall–Kier alpha value is -1.27. The lowest BCUT2D eigenvalue weighted by atomic mass is 9.89. The molecule has 0 saturated heterocycles. The molecule has 1 aliphatic rings. The third-order valence-corrected chi connectivity index (χ3v) is 4.96. The van der Waals surface area contributed by atoms with Crippen molar-refractivity contribution in [2.75, 3.05) is 0 Å². The van der Waals surface area contributed by atoms with Gasteiger partial charge >= 0.3 is 0 Å². The van der Waals surface area contributed by atoms with E-state index in [9.17, 15) is 0 Å². The Morgan fingerprint density at radius 1 is 1.10 bits per heavy atom. The zero-order chi connectivity index (χ0) is 13.9. The monoisotopic (exact) mass is 284 g/mol. The van der Waals surface area contributed by atoms with Gasteiger partial charge in [0, 0.05) is 0 Å². The summed E-state index contributed by atoms with van der Waals surface area (Å²) in [5.41, 5.74) is 5.55. The predicted octanol–water partition coefficient (Wildman–Crippen LogP) is 5.47. The van der Waals surface area contributed by atoms with E-state index in [0.717, 1.165) is 6.42 Å². The van der Waals surface area contributed by atoms with Crippen LogP contribution in [-0.2, 0) is 12.8 Å². The van der Waals surface area contributed by atoms with Crippen molar-refractivity contribution in [1.29, 1.82) is 0 Å². The minimum absolute atomic E-state index is 0.147. The molecule has 0 aliphatic heterocycles. The number of rotatable bonds is 2. The van der Waals surface area contributed by atoms with Crippen molar-refractivity contribution in [3.05, 3.63) is 70.8 Å². The fraction of sp³-hybridized carbons (Fsp3) is 0.368. The number of aryl methyl sites for hydroxylation is 2. The smallest absolute Gasteiger partial charge is 0.0619 e. The Balaban J connectivity index is 1.84. The first kappa shape index (κ1) is 13.7. The highest BCUT2D eigenvalue weighted by molar-refractivity contribution is 6.21. The lowest BCUT2D eigenvalue weighted by molar-refractivity contribution is 0.465. The van der Waals surface area contributed by atoms with Crippen molar-refractivity contribution >= 4 is 11.6 Å². The summed E-state index contributed by atoms with van der Waals surface area (Å²) in [5, 5.41) is 0.147. The molecular formula is C19H21Cl. The average Bonchev–Trinajstić information content (AvgIpc) is 2.60. The Morgan fingerprint density at radius 2 is 1.95 bits per heavy atom. The number of fused-ring (bicyclic) bond motifs is 1. The predicted molar refractivity (Wildman–Crippen MR) is 86.3 cm³/mol. The summed E-state index contributed by atoms with van der Waals surface area (Å²) < 4.78 is 0. The van der Waals surface area contributed by atoms with Gasteiger partial charge < -0.3 is 0 Å². The van der Waals surface area contributed by atoms with E-state index in [2.05, 4.69) is 55.5 Å². The van der Waals surface area contributed by atoms with E-state index < -0.39 is 0 Å². The average molecular weight is 285 g/mol. The first-order valence-electron chi connectivity index (χ1n) is 7.51. The van der Waals surface area contributed by atoms with E-state index in [0.29, 0.717) is 5.92 Å². The number of halogens is 1. The van der Waals surface area contributed by atoms with Crippen LogP contribution in [0.1, 0.15) is 40.5 Å². The van der Waals surface area contributed by atoms with Crippen LogP contribution in [0.15, 0.2) is 48.5 Å². The maximum Gasteiger partial charge on any atom is 0.0619 e. The van der Waals surface area contributed by atoms with E-state index in [4.69, 9.17) is 11.6 Å². The molecule has 0 radical (unpaired) electrons. The van der Waals surface area contributed by atoms with Gasteiger partial charge in [-0.2, -0.15) is 0 Å². The van der Waals surface area contributed by atoms with Crippen molar-refractivity contribution < 1.29 is 0 Å². The van der Waals surface area contributed by atoms with E-state index in [1.165, 1.54) is 41.5 Å². The van der Waals surface area contributed by atoms with E-state index >= 15 is 0 Å². The summed E-state index contributed by atoms with van der Waals surface area (Å²) in [6, 6.07) is 17.5. The summed E-state index contributed by atoms with van der Waals surface area (Å²) in [6.07, 6.45) is 4.72. The Labute approximate surface area is 126 Å². The minimum Gasteiger partial charge on any atom is -0.117 e. The molecule has 0 nitrogen and oxygen atoms in total. The second-order valence-corrected chi connectivity index (χ2v) is 6.42. The molecule has 104 valence electrons. The van der Waals surface area contributed by atoms with Crippen LogP contribution in [0.4, 0.5) is 0 Å². The molecule has 3 rings (SSSR count). The van der Waals surface area contributed by atoms with Gasteiger partial charge in [0.25, 0.3) is 0 Å². The van der Waals surface area contributed by atoms with Gasteiger partial charge in [0.2, 0.25) is 0 Å². The summed E-state index contributed by atoms with van der Waals surface area (Å²) >= 11 is 6.81. The molecule has 2 aromatic rings. The molecule has 2 aromatic carbocycles. The van der Waals surface area contributed by atoms with Crippen LogP contribution >= 0.6 is 11.6 Å². The van der Waals surface area contributed by atoms with Crippen molar-refractivity contribution in [3.8, 4) is 0 Å². The molecule has 0 N–H and O–H groups in total. The van der Waals surface area contributed by atoms with Crippen molar-refractivity contribution in [1.82, 2.24) is 0 Å². The molecule has 20 heavy (non-hydrogen) atoms. The second kappa shape index (κ2) is 6.01. The Kier molecular flexibility index (Phi) is 4.12. The van der Waals surface area contributed by atoms with Gasteiger partial charge in [-0.1, -0.05) is 54.1 Å². The fourth-order valence-electron chi connectivity index (χ4n) is 3.33. The summed E-state index contributed by atoms with van der Waals surface area (Å²) in [7, 11) is 0. The molecule has 0 aromatic heterocycles. The highest BCUT2D eigenvalue weighted by Gasteiger charge is 2.25. The van der Waals surface area contributed by atoms with Gasteiger partial charge in [0.15, 0.2) is 0 Å². The lowest BCUT2D eigenvalue weighted by Crippen LogP contribution is -2.10. The lowest BCUT2D eigenvalue weighted by Gasteiger charge is -2.21. The molecule has 2 atom stereocenters. The normalized spacial score (nSPS) is 22.1. The topological polar surface area (TPSA) is 0 Å². The van der Waals surface area contributed by atoms with E-state index in [1.54, 1.807) is 0 Å². The first-order valence-corrected chi connectivity index (χ1v) is 7.95. The van der Waals surface area contributed by atoms with E-state index in [-0.39, 0.29) is 5.38 Å². The molecule has 0 saturated carbocycles. The maximum absolute atomic E-state index is 6.81. The molecule has 0 heterocycles. The third-order valence-electron chi connectivity index (χ3n) is 4.37. The highest BCUT2D eigenvalue weighted by atomic mass is 35.5. The highest BCUT2D eigenvalue weighted by Crippen LogP contribution is 2.39. The number of hydrogen-bond acceptors (Lipinski definition) is 0. The van der Waals surface area contributed by atoms with Gasteiger partial charge in [0.05, 0.1) is 5.38 Å². The van der Waals surface area contributed by atoms with Crippen LogP contribution in [0.3, 0.4) is 0 Å². The standard InChI is InChI=1S/C19H21Cl/c1-14-6-4-7-15(12-14)13-17-10-5-9-16-8-2-3-11-18(16)19(17)20/h2-4,6-8,11-12,17,19H,5,9-10,13H2,1H3. The quantitative estimate of drug-likeness (QED) is 0.507. The molecule has 1 aliphatic carbocycles. The number of alkyl halides is 1. The van der Waals surface area contributed by atoms with E-state index in [1.807, 2.05) is 0 Å². The second-order valence-electron chi connectivity index (χ2n) is 5.95. The summed E-state index contributed by atoms with van der Waals surface area (Å²) in [6.45, 7) is 2.16. The van der Waals surface area contributed by atoms with Crippen molar-refractivity contribution in [3.63, 3.8) is 0 Å². The van der Waals surface area contributed by atoms with Gasteiger partial charge in [-0.05, 0) is 55.2 Å².